The second-order valence-electron chi connectivity index (χ2n) is 13.4. The zero-order valence-corrected chi connectivity index (χ0v) is 27.6. The number of para-hydroxylation sites is 3. The SMILES string of the molecule is C1=CC(c2c3ccccc3c(-c3cccc4c3oc3ccccc34)c3ccccc23)Nc2c1ccc1c(-c3ccccc3)c3ccccc3nc21. The quantitative estimate of drug-likeness (QED) is 0.193. The molecule has 0 amide bonds. The van der Waals surface area contributed by atoms with Gasteiger partial charge in [-0.25, -0.2) is 4.98 Å². The highest BCUT2D eigenvalue weighted by atomic mass is 16.3. The number of hydrogen-bond acceptors (Lipinski definition) is 3. The summed E-state index contributed by atoms with van der Waals surface area (Å²) in [5.41, 5.74) is 12.0. The highest BCUT2D eigenvalue weighted by Gasteiger charge is 2.26. The molecule has 3 heterocycles. The molecule has 1 aliphatic rings. The van der Waals surface area contributed by atoms with Crippen molar-refractivity contribution < 1.29 is 4.42 Å². The number of nitrogens with one attached hydrogen (secondary N) is 1. The fourth-order valence-corrected chi connectivity index (χ4v) is 8.48. The molecule has 1 N–H and O–H groups in total. The van der Waals surface area contributed by atoms with Crippen molar-refractivity contribution in [2.24, 2.45) is 0 Å². The molecule has 0 aliphatic carbocycles. The van der Waals surface area contributed by atoms with Gasteiger partial charge < -0.3 is 9.73 Å². The number of anilines is 1. The van der Waals surface area contributed by atoms with Gasteiger partial charge in [-0.2, -0.15) is 0 Å². The molecule has 11 rings (SSSR count). The van der Waals surface area contributed by atoms with Crippen LogP contribution in [0.1, 0.15) is 17.2 Å². The number of benzene rings is 8. The topological polar surface area (TPSA) is 38.1 Å². The summed E-state index contributed by atoms with van der Waals surface area (Å²) in [5, 5.41) is 13.4. The first-order chi connectivity index (χ1) is 25.3. The van der Waals surface area contributed by atoms with E-state index in [-0.39, 0.29) is 6.04 Å². The van der Waals surface area contributed by atoms with E-state index in [0.717, 1.165) is 60.6 Å². The van der Waals surface area contributed by atoms with Crippen LogP contribution in [-0.2, 0) is 0 Å². The van der Waals surface area contributed by atoms with E-state index in [2.05, 4.69) is 169 Å². The van der Waals surface area contributed by atoms with Gasteiger partial charge in [0.15, 0.2) is 0 Å². The maximum absolute atomic E-state index is 6.60. The largest absolute Gasteiger partial charge is 0.455 e. The number of pyridine rings is 1. The van der Waals surface area contributed by atoms with Crippen molar-refractivity contribution in [3.8, 4) is 22.3 Å². The van der Waals surface area contributed by atoms with E-state index in [9.17, 15) is 0 Å². The summed E-state index contributed by atoms with van der Waals surface area (Å²) in [6.07, 6.45) is 4.57. The fraction of sp³-hybridized carbons (Fsp3) is 0.0208. The second kappa shape index (κ2) is 10.9. The minimum atomic E-state index is -0.0811. The van der Waals surface area contributed by atoms with Crippen LogP contribution in [-0.4, -0.2) is 4.98 Å². The molecular weight excluding hydrogens is 621 g/mol. The van der Waals surface area contributed by atoms with Gasteiger partial charge in [-0.15, -0.1) is 0 Å². The molecule has 0 fully saturated rings. The van der Waals surface area contributed by atoms with E-state index in [0.29, 0.717) is 0 Å². The van der Waals surface area contributed by atoms with Crippen LogP contribution >= 0.6 is 0 Å². The zero-order valence-electron chi connectivity index (χ0n) is 27.6. The molecule has 0 saturated carbocycles. The molecule has 0 spiro atoms. The van der Waals surface area contributed by atoms with E-state index in [1.54, 1.807) is 0 Å². The number of furan rings is 1. The number of aromatic nitrogens is 1. The Morgan fingerprint density at radius 2 is 1.14 bits per heavy atom. The normalized spacial score (nSPS) is 14.2. The van der Waals surface area contributed by atoms with Crippen molar-refractivity contribution in [3.63, 3.8) is 0 Å². The molecule has 0 bridgehead atoms. The average Bonchev–Trinajstić information content (AvgIpc) is 3.58. The number of fused-ring (bicyclic) bond motifs is 9. The summed E-state index contributed by atoms with van der Waals surface area (Å²) in [5.74, 6) is 0. The minimum Gasteiger partial charge on any atom is -0.455 e. The summed E-state index contributed by atoms with van der Waals surface area (Å²) >= 11 is 0. The van der Waals surface area contributed by atoms with Gasteiger partial charge in [0, 0.05) is 38.2 Å². The third kappa shape index (κ3) is 4.15. The van der Waals surface area contributed by atoms with E-state index in [1.807, 2.05) is 6.07 Å². The van der Waals surface area contributed by atoms with Crippen LogP contribution in [0, 0.1) is 0 Å². The third-order valence-electron chi connectivity index (χ3n) is 10.7. The van der Waals surface area contributed by atoms with Crippen LogP contribution in [0.25, 0.3) is 93.6 Å². The summed E-state index contributed by atoms with van der Waals surface area (Å²) in [6, 6.07) is 56.1. The maximum Gasteiger partial charge on any atom is 0.143 e. The van der Waals surface area contributed by atoms with Gasteiger partial charge in [0.25, 0.3) is 0 Å². The maximum atomic E-state index is 6.60. The Balaban J connectivity index is 1.16. The van der Waals surface area contributed by atoms with Crippen LogP contribution in [0.3, 0.4) is 0 Å². The lowest BCUT2D eigenvalue weighted by atomic mass is 9.84. The molecule has 1 atom stereocenters. The second-order valence-corrected chi connectivity index (χ2v) is 13.4. The Labute approximate surface area is 294 Å². The van der Waals surface area contributed by atoms with Crippen LogP contribution in [0.2, 0.25) is 0 Å². The monoisotopic (exact) mass is 650 g/mol. The Hall–Kier alpha value is -6.71. The van der Waals surface area contributed by atoms with Gasteiger partial charge >= 0.3 is 0 Å². The van der Waals surface area contributed by atoms with Crippen molar-refractivity contribution in [1.29, 1.82) is 0 Å². The third-order valence-corrected chi connectivity index (χ3v) is 10.7. The van der Waals surface area contributed by atoms with Crippen molar-refractivity contribution in [2.45, 2.75) is 6.04 Å². The molecule has 51 heavy (non-hydrogen) atoms. The van der Waals surface area contributed by atoms with E-state index in [1.165, 1.54) is 43.8 Å². The molecule has 10 aromatic rings. The van der Waals surface area contributed by atoms with Gasteiger partial charge in [-0.3, -0.25) is 0 Å². The first-order valence-electron chi connectivity index (χ1n) is 17.5. The van der Waals surface area contributed by atoms with Crippen molar-refractivity contribution >= 4 is 77.1 Å². The molecule has 3 heteroatoms. The van der Waals surface area contributed by atoms with Crippen LogP contribution in [0.5, 0.6) is 0 Å². The molecule has 3 nitrogen and oxygen atoms in total. The minimum absolute atomic E-state index is 0.0811. The lowest BCUT2D eigenvalue weighted by Crippen LogP contribution is -2.14. The first kappa shape index (κ1) is 28.2. The van der Waals surface area contributed by atoms with Gasteiger partial charge in [0.2, 0.25) is 0 Å². The number of hydrogen-bond donors (Lipinski definition) is 1. The number of nitrogens with zero attached hydrogens (tertiary/aromatic N) is 1. The predicted octanol–water partition coefficient (Wildman–Crippen LogP) is 13.1. The van der Waals surface area contributed by atoms with Gasteiger partial charge in [0.1, 0.15) is 11.2 Å². The van der Waals surface area contributed by atoms with Crippen LogP contribution in [0.4, 0.5) is 5.69 Å². The summed E-state index contributed by atoms with van der Waals surface area (Å²) in [6.45, 7) is 0. The molecule has 0 radical (unpaired) electrons. The standard InChI is InChI=1S/C48H30N2O/c1-2-13-29(14-3-1)43-37-20-8-10-23-40(37)49-47-38(43)27-25-30-26-28-41(50-46(30)47)45-34-18-6-4-16-32(34)44(33-17-5-7-19-35(33)45)39-22-12-21-36-31-15-9-11-24-42(31)51-48(36)39/h1-28,41,50H. The van der Waals surface area contributed by atoms with Crippen molar-refractivity contribution in [3.05, 3.63) is 175 Å². The molecule has 2 aromatic heterocycles. The molecular formula is C48H30N2O. The smallest absolute Gasteiger partial charge is 0.143 e. The van der Waals surface area contributed by atoms with Crippen LogP contribution in [0.15, 0.2) is 168 Å². The summed E-state index contributed by atoms with van der Waals surface area (Å²) < 4.78 is 6.60. The molecule has 8 aromatic carbocycles. The van der Waals surface area contributed by atoms with Gasteiger partial charge in [0.05, 0.1) is 22.8 Å². The van der Waals surface area contributed by atoms with Gasteiger partial charge in [-0.1, -0.05) is 158 Å². The molecule has 1 aliphatic heterocycles. The first-order valence-corrected chi connectivity index (χ1v) is 17.5. The summed E-state index contributed by atoms with van der Waals surface area (Å²) in [4.78, 5) is 5.32. The molecule has 0 saturated heterocycles. The summed E-state index contributed by atoms with van der Waals surface area (Å²) in [7, 11) is 0. The Bertz CT molecular complexity index is 3010. The van der Waals surface area contributed by atoms with E-state index < -0.39 is 0 Å². The highest BCUT2D eigenvalue weighted by Crippen LogP contribution is 2.48. The van der Waals surface area contributed by atoms with E-state index >= 15 is 0 Å². The Kier molecular flexibility index (Phi) is 6.02. The Morgan fingerprint density at radius 3 is 1.92 bits per heavy atom. The molecule has 1 unspecified atom stereocenters. The predicted molar refractivity (Wildman–Crippen MR) is 214 cm³/mol. The van der Waals surface area contributed by atoms with Gasteiger partial charge in [-0.05, 0) is 50.4 Å². The number of rotatable bonds is 3. The van der Waals surface area contributed by atoms with Crippen molar-refractivity contribution in [2.75, 3.05) is 5.32 Å². The lowest BCUT2D eigenvalue weighted by Gasteiger charge is -2.28. The average molecular weight is 651 g/mol. The van der Waals surface area contributed by atoms with E-state index in [4.69, 9.17) is 9.40 Å². The fourth-order valence-electron chi connectivity index (χ4n) is 8.48. The van der Waals surface area contributed by atoms with Crippen molar-refractivity contribution in [1.82, 2.24) is 4.98 Å². The highest BCUT2D eigenvalue weighted by molar-refractivity contribution is 6.21. The van der Waals surface area contributed by atoms with Crippen LogP contribution < -0.4 is 5.32 Å². The molecule has 238 valence electrons. The lowest BCUT2D eigenvalue weighted by molar-refractivity contribution is 0.670. The zero-order chi connectivity index (χ0) is 33.5. The Morgan fingerprint density at radius 1 is 0.490 bits per heavy atom.